The largest absolute Gasteiger partial charge is 0.493 e. The molecule has 3 rings (SSSR count). The molecule has 2 aliphatic rings. The molecule has 24 heavy (non-hydrogen) atoms. The molecule has 0 atom stereocenters. The number of rotatable bonds is 3. The quantitative estimate of drug-likeness (QED) is 0.633. The van der Waals surface area contributed by atoms with Gasteiger partial charge in [-0.25, -0.2) is 0 Å². The summed E-state index contributed by atoms with van der Waals surface area (Å²) in [6.45, 7) is 1.77. The number of carbonyl (C=O) groups is 1. The number of para-hydroxylation sites is 1. The van der Waals surface area contributed by atoms with Crippen LogP contribution in [0.4, 0.5) is 0 Å². The molecule has 0 aliphatic carbocycles. The molecular formula is C19H20N2O3. The second-order valence-electron chi connectivity index (χ2n) is 5.91. The molecule has 1 aromatic carbocycles. The van der Waals surface area contributed by atoms with Crippen LogP contribution in [-0.4, -0.2) is 37.6 Å². The lowest BCUT2D eigenvalue weighted by atomic mass is 10.0. The van der Waals surface area contributed by atoms with Crippen molar-refractivity contribution in [1.29, 1.82) is 5.26 Å². The smallest absolute Gasteiger partial charge is 0.264 e. The van der Waals surface area contributed by atoms with E-state index >= 15 is 0 Å². The fraction of sp³-hybridized carbons (Fsp3) is 0.368. The topological polar surface area (TPSA) is 62.6 Å². The summed E-state index contributed by atoms with van der Waals surface area (Å²) >= 11 is 0. The van der Waals surface area contributed by atoms with E-state index < -0.39 is 0 Å². The number of hydrogen-bond acceptors (Lipinski definition) is 4. The number of nitriles is 1. The molecule has 5 nitrogen and oxygen atoms in total. The Labute approximate surface area is 141 Å². The predicted octanol–water partition coefficient (Wildman–Crippen LogP) is 2.93. The summed E-state index contributed by atoms with van der Waals surface area (Å²) in [4.78, 5) is 14.3. The van der Waals surface area contributed by atoms with Crippen molar-refractivity contribution in [2.75, 3.05) is 26.8 Å². The maximum absolute atomic E-state index is 12.5. The van der Waals surface area contributed by atoms with Crippen LogP contribution in [0.3, 0.4) is 0 Å². The molecule has 5 heteroatoms. The lowest BCUT2D eigenvalue weighted by molar-refractivity contribution is -0.127. The number of hydrogen-bond donors (Lipinski definition) is 0. The summed E-state index contributed by atoms with van der Waals surface area (Å²) in [6.07, 6.45) is 6.72. The van der Waals surface area contributed by atoms with Gasteiger partial charge in [0.2, 0.25) is 0 Å². The molecule has 0 aromatic heterocycles. The molecule has 1 saturated heterocycles. The fourth-order valence-electron chi connectivity index (χ4n) is 3.04. The van der Waals surface area contributed by atoms with Gasteiger partial charge in [0, 0.05) is 18.7 Å². The lowest BCUT2D eigenvalue weighted by Gasteiger charge is -2.26. The van der Waals surface area contributed by atoms with Gasteiger partial charge in [0.15, 0.2) is 11.5 Å². The second kappa shape index (κ2) is 7.22. The number of nitrogens with zero attached hydrogens (tertiary/aromatic N) is 2. The van der Waals surface area contributed by atoms with Gasteiger partial charge in [0.05, 0.1) is 7.11 Å². The summed E-state index contributed by atoms with van der Waals surface area (Å²) in [7, 11) is 1.60. The minimum absolute atomic E-state index is 0.165. The SMILES string of the molecule is COc1cccc2c1OCC(C=C(C#N)C(=O)N1CCCCC1)=C2. The molecule has 2 heterocycles. The Morgan fingerprint density at radius 1 is 1.33 bits per heavy atom. The zero-order valence-corrected chi connectivity index (χ0v) is 13.7. The maximum Gasteiger partial charge on any atom is 0.264 e. The molecule has 0 unspecified atom stereocenters. The van der Waals surface area contributed by atoms with Crippen LogP contribution in [-0.2, 0) is 4.79 Å². The highest BCUT2D eigenvalue weighted by Crippen LogP contribution is 2.35. The summed E-state index contributed by atoms with van der Waals surface area (Å²) in [5.74, 6) is 1.18. The van der Waals surface area contributed by atoms with E-state index in [0.717, 1.165) is 43.5 Å². The zero-order valence-electron chi connectivity index (χ0n) is 13.7. The molecule has 0 saturated carbocycles. The van der Waals surface area contributed by atoms with Crippen LogP contribution in [0.15, 0.2) is 35.4 Å². The number of amides is 1. The number of methoxy groups -OCH3 is 1. The Hall–Kier alpha value is -2.74. The average molecular weight is 324 g/mol. The van der Waals surface area contributed by atoms with Crippen molar-refractivity contribution in [3.63, 3.8) is 0 Å². The third-order valence-electron chi connectivity index (χ3n) is 4.28. The van der Waals surface area contributed by atoms with E-state index in [0.29, 0.717) is 18.1 Å². The summed E-state index contributed by atoms with van der Waals surface area (Å²) in [5, 5.41) is 9.38. The van der Waals surface area contributed by atoms with Gasteiger partial charge in [-0.2, -0.15) is 5.26 Å². The Balaban J connectivity index is 1.85. The summed E-state index contributed by atoms with van der Waals surface area (Å²) < 4.78 is 11.0. The lowest BCUT2D eigenvalue weighted by Crippen LogP contribution is -2.36. The third kappa shape index (κ3) is 3.28. The fourth-order valence-corrected chi connectivity index (χ4v) is 3.04. The van der Waals surface area contributed by atoms with Crippen LogP contribution in [0.5, 0.6) is 11.5 Å². The van der Waals surface area contributed by atoms with E-state index in [1.807, 2.05) is 30.3 Å². The average Bonchev–Trinajstić information content (AvgIpc) is 2.65. The van der Waals surface area contributed by atoms with Crippen molar-refractivity contribution in [3.05, 3.63) is 41.0 Å². The number of piperidine rings is 1. The zero-order chi connectivity index (χ0) is 16.9. The number of ether oxygens (including phenoxy) is 2. The van der Waals surface area contributed by atoms with E-state index in [2.05, 4.69) is 0 Å². The Bertz CT molecular complexity index is 737. The molecule has 0 spiro atoms. The van der Waals surface area contributed by atoms with Gasteiger partial charge in [-0.05, 0) is 43.1 Å². The van der Waals surface area contributed by atoms with Crippen LogP contribution in [0.2, 0.25) is 0 Å². The summed E-state index contributed by atoms with van der Waals surface area (Å²) in [5.41, 5.74) is 1.85. The molecule has 0 N–H and O–H groups in total. The van der Waals surface area contributed by atoms with Crippen molar-refractivity contribution >= 4 is 12.0 Å². The van der Waals surface area contributed by atoms with Crippen molar-refractivity contribution in [3.8, 4) is 17.6 Å². The van der Waals surface area contributed by atoms with E-state index in [1.54, 1.807) is 18.1 Å². The minimum Gasteiger partial charge on any atom is -0.493 e. The van der Waals surface area contributed by atoms with Gasteiger partial charge in [-0.1, -0.05) is 12.1 Å². The monoisotopic (exact) mass is 324 g/mol. The van der Waals surface area contributed by atoms with Gasteiger partial charge in [0.25, 0.3) is 5.91 Å². The van der Waals surface area contributed by atoms with Crippen LogP contribution < -0.4 is 9.47 Å². The van der Waals surface area contributed by atoms with E-state index in [4.69, 9.17) is 9.47 Å². The predicted molar refractivity (Wildman–Crippen MR) is 90.6 cm³/mol. The first kappa shape index (κ1) is 16.1. The van der Waals surface area contributed by atoms with Gasteiger partial charge >= 0.3 is 0 Å². The van der Waals surface area contributed by atoms with Gasteiger partial charge in [0.1, 0.15) is 18.2 Å². The molecule has 1 aromatic rings. The van der Waals surface area contributed by atoms with Crippen molar-refractivity contribution in [2.24, 2.45) is 0 Å². The highest BCUT2D eigenvalue weighted by molar-refractivity contribution is 5.98. The van der Waals surface area contributed by atoms with Crippen molar-refractivity contribution < 1.29 is 14.3 Å². The van der Waals surface area contributed by atoms with Crippen LogP contribution in [0, 0.1) is 11.3 Å². The third-order valence-corrected chi connectivity index (χ3v) is 4.28. The number of carbonyl (C=O) groups excluding carboxylic acids is 1. The molecular weight excluding hydrogens is 304 g/mol. The van der Waals surface area contributed by atoms with Crippen LogP contribution in [0.25, 0.3) is 6.08 Å². The van der Waals surface area contributed by atoms with Gasteiger partial charge < -0.3 is 14.4 Å². The minimum atomic E-state index is -0.186. The standard InChI is InChI=1S/C19H20N2O3/c1-23-17-7-5-6-15-10-14(13-24-18(15)17)11-16(12-20)19(22)21-8-3-2-4-9-21/h5-7,10-11H,2-4,8-9,13H2,1H3. The summed E-state index contributed by atoms with van der Waals surface area (Å²) in [6, 6.07) is 7.69. The normalized spacial score (nSPS) is 17.2. The number of benzene rings is 1. The van der Waals surface area contributed by atoms with Gasteiger partial charge in [-0.3, -0.25) is 4.79 Å². The first-order chi connectivity index (χ1) is 11.7. The van der Waals surface area contributed by atoms with Gasteiger partial charge in [-0.15, -0.1) is 0 Å². The van der Waals surface area contributed by atoms with E-state index in [9.17, 15) is 10.1 Å². The highest BCUT2D eigenvalue weighted by Gasteiger charge is 2.21. The van der Waals surface area contributed by atoms with Crippen LogP contribution >= 0.6 is 0 Å². The first-order valence-corrected chi connectivity index (χ1v) is 8.14. The second-order valence-corrected chi connectivity index (χ2v) is 5.91. The Morgan fingerprint density at radius 2 is 2.12 bits per heavy atom. The molecule has 1 fully saturated rings. The number of fused-ring (bicyclic) bond motifs is 1. The first-order valence-electron chi connectivity index (χ1n) is 8.14. The molecule has 2 aliphatic heterocycles. The van der Waals surface area contributed by atoms with E-state index in [-0.39, 0.29) is 11.5 Å². The Morgan fingerprint density at radius 3 is 2.83 bits per heavy atom. The highest BCUT2D eigenvalue weighted by atomic mass is 16.5. The van der Waals surface area contributed by atoms with Crippen LogP contribution in [0.1, 0.15) is 24.8 Å². The van der Waals surface area contributed by atoms with Crippen molar-refractivity contribution in [1.82, 2.24) is 4.90 Å². The number of likely N-dealkylation sites (tertiary alicyclic amines) is 1. The molecule has 124 valence electrons. The molecule has 0 radical (unpaired) electrons. The molecule has 0 bridgehead atoms. The van der Waals surface area contributed by atoms with E-state index in [1.165, 1.54) is 0 Å². The Kier molecular flexibility index (Phi) is 4.85. The van der Waals surface area contributed by atoms with Crippen molar-refractivity contribution in [2.45, 2.75) is 19.3 Å². The maximum atomic E-state index is 12.5. The molecule has 1 amide bonds.